The largest absolute Gasteiger partial charge is 0.497 e. The number of methoxy groups -OCH3 is 1. The van der Waals surface area contributed by atoms with Gasteiger partial charge in [0, 0.05) is 25.6 Å². The van der Waals surface area contributed by atoms with E-state index in [2.05, 4.69) is 5.32 Å². The SMILES string of the molecule is COc1ccc([C@H]2[C@H]3CNC[C@H]3CN2C(=O)c2c(F)cccc2Cl)cc1.Cl. The lowest BCUT2D eigenvalue weighted by Crippen LogP contribution is -2.35. The summed E-state index contributed by atoms with van der Waals surface area (Å²) in [5, 5.41) is 3.56. The molecule has 27 heavy (non-hydrogen) atoms. The Balaban J connectivity index is 0.00000210. The number of nitrogens with one attached hydrogen (secondary N) is 1. The standard InChI is InChI=1S/C20H20ClFN2O2.ClH/c1-26-14-7-5-12(6-8-14)19-15-10-23-9-13(15)11-24(19)20(25)18-16(21)3-2-4-17(18)22;/h2-8,13,15,19,23H,9-11H2,1H3;1H/t13-,15-,19-;/m0./s1. The van der Waals surface area contributed by atoms with Crippen molar-refractivity contribution in [1.29, 1.82) is 0 Å². The van der Waals surface area contributed by atoms with Crippen LogP contribution >= 0.6 is 24.0 Å². The predicted molar refractivity (Wildman–Crippen MR) is 105 cm³/mol. The lowest BCUT2D eigenvalue weighted by Gasteiger charge is -2.29. The highest BCUT2D eigenvalue weighted by molar-refractivity contribution is 6.33. The first-order valence-corrected chi connectivity index (χ1v) is 9.07. The quantitative estimate of drug-likeness (QED) is 0.832. The van der Waals surface area contributed by atoms with Gasteiger partial charge in [-0.05, 0) is 35.7 Å². The summed E-state index contributed by atoms with van der Waals surface area (Å²) in [6, 6.07) is 12.0. The summed E-state index contributed by atoms with van der Waals surface area (Å²) in [7, 11) is 1.62. The van der Waals surface area contributed by atoms with Crippen molar-refractivity contribution >= 4 is 29.9 Å². The van der Waals surface area contributed by atoms with Crippen LogP contribution in [0.5, 0.6) is 5.75 Å². The maximum Gasteiger partial charge on any atom is 0.258 e. The summed E-state index contributed by atoms with van der Waals surface area (Å²) in [4.78, 5) is 15.0. The molecule has 2 aliphatic heterocycles. The maximum absolute atomic E-state index is 14.3. The number of halogens is 3. The summed E-state index contributed by atoms with van der Waals surface area (Å²) in [5.74, 6) is 0.506. The molecule has 2 saturated heterocycles. The van der Waals surface area contributed by atoms with Gasteiger partial charge in [0.2, 0.25) is 0 Å². The second kappa shape index (κ2) is 8.05. The number of fused-ring (bicyclic) bond motifs is 1. The second-order valence-corrected chi connectivity index (χ2v) is 7.26. The van der Waals surface area contributed by atoms with E-state index in [0.717, 1.165) is 24.4 Å². The van der Waals surface area contributed by atoms with E-state index >= 15 is 0 Å². The monoisotopic (exact) mass is 410 g/mol. The molecule has 4 nitrogen and oxygen atoms in total. The number of nitrogens with zero attached hydrogens (tertiary/aromatic N) is 1. The van der Waals surface area contributed by atoms with Crippen LogP contribution in [0.15, 0.2) is 42.5 Å². The van der Waals surface area contributed by atoms with Gasteiger partial charge < -0.3 is 15.0 Å². The van der Waals surface area contributed by atoms with Gasteiger partial charge in [0.1, 0.15) is 11.6 Å². The fraction of sp³-hybridized carbons (Fsp3) is 0.350. The molecule has 2 heterocycles. The highest BCUT2D eigenvalue weighted by Gasteiger charge is 2.47. The van der Waals surface area contributed by atoms with Crippen molar-refractivity contribution in [3.63, 3.8) is 0 Å². The van der Waals surface area contributed by atoms with E-state index in [1.165, 1.54) is 12.1 Å². The van der Waals surface area contributed by atoms with Gasteiger partial charge in [0.05, 0.1) is 23.7 Å². The molecular weight excluding hydrogens is 390 g/mol. The van der Waals surface area contributed by atoms with Crippen LogP contribution in [-0.4, -0.2) is 37.6 Å². The maximum atomic E-state index is 14.3. The third-order valence-electron chi connectivity index (χ3n) is 5.46. The normalized spacial score (nSPS) is 23.7. The van der Waals surface area contributed by atoms with Crippen molar-refractivity contribution in [2.75, 3.05) is 26.7 Å². The zero-order chi connectivity index (χ0) is 18.3. The number of carbonyl (C=O) groups excluding carboxylic acids is 1. The predicted octanol–water partition coefficient (Wildman–Crippen LogP) is 3.94. The van der Waals surface area contributed by atoms with Gasteiger partial charge in [-0.2, -0.15) is 0 Å². The van der Waals surface area contributed by atoms with Crippen LogP contribution in [0.1, 0.15) is 22.0 Å². The summed E-state index contributed by atoms with van der Waals surface area (Å²) < 4.78 is 19.5. The summed E-state index contributed by atoms with van der Waals surface area (Å²) in [6.07, 6.45) is 0. The van der Waals surface area contributed by atoms with E-state index in [0.29, 0.717) is 18.4 Å². The van der Waals surface area contributed by atoms with Gasteiger partial charge in [0.15, 0.2) is 0 Å². The minimum Gasteiger partial charge on any atom is -0.497 e. The van der Waals surface area contributed by atoms with Crippen LogP contribution in [0.3, 0.4) is 0 Å². The van der Waals surface area contributed by atoms with Crippen LogP contribution in [-0.2, 0) is 0 Å². The Morgan fingerprint density at radius 2 is 1.96 bits per heavy atom. The van der Waals surface area contributed by atoms with Crippen molar-refractivity contribution in [2.24, 2.45) is 11.8 Å². The van der Waals surface area contributed by atoms with Crippen LogP contribution in [0.2, 0.25) is 5.02 Å². The van der Waals surface area contributed by atoms with Crippen molar-refractivity contribution in [2.45, 2.75) is 6.04 Å². The second-order valence-electron chi connectivity index (χ2n) is 6.85. The first-order chi connectivity index (χ1) is 12.6. The van der Waals surface area contributed by atoms with Crippen molar-refractivity contribution in [1.82, 2.24) is 10.2 Å². The number of likely N-dealkylation sites (tertiary alicyclic amines) is 1. The van der Waals surface area contributed by atoms with Crippen LogP contribution in [0.25, 0.3) is 0 Å². The van der Waals surface area contributed by atoms with Gasteiger partial charge in [-0.1, -0.05) is 29.8 Å². The molecule has 0 aromatic heterocycles. The van der Waals surface area contributed by atoms with Crippen LogP contribution in [0.4, 0.5) is 4.39 Å². The van der Waals surface area contributed by atoms with Crippen molar-refractivity contribution < 1.29 is 13.9 Å². The highest BCUT2D eigenvalue weighted by Crippen LogP contribution is 2.44. The molecule has 2 fully saturated rings. The molecule has 0 spiro atoms. The van der Waals surface area contributed by atoms with E-state index < -0.39 is 5.82 Å². The number of hydrogen-bond donors (Lipinski definition) is 1. The molecule has 1 amide bonds. The Morgan fingerprint density at radius 1 is 1.22 bits per heavy atom. The molecule has 2 aromatic rings. The molecule has 0 aliphatic carbocycles. The van der Waals surface area contributed by atoms with Gasteiger partial charge in [-0.15, -0.1) is 12.4 Å². The molecule has 144 valence electrons. The molecule has 3 atom stereocenters. The Hall–Kier alpha value is -1.82. The molecular formula is C20H21Cl2FN2O2. The third-order valence-corrected chi connectivity index (χ3v) is 5.77. The number of carbonyl (C=O) groups is 1. The fourth-order valence-corrected chi connectivity index (χ4v) is 4.45. The first-order valence-electron chi connectivity index (χ1n) is 8.70. The number of amides is 1. The Bertz CT molecular complexity index is 811. The van der Waals surface area contributed by atoms with E-state index in [4.69, 9.17) is 16.3 Å². The highest BCUT2D eigenvalue weighted by atomic mass is 35.5. The summed E-state index contributed by atoms with van der Waals surface area (Å²) in [6.45, 7) is 2.31. The van der Waals surface area contributed by atoms with Gasteiger partial charge in [-0.25, -0.2) is 4.39 Å². The number of hydrogen-bond acceptors (Lipinski definition) is 3. The zero-order valence-electron chi connectivity index (χ0n) is 14.8. The van der Waals surface area contributed by atoms with Gasteiger partial charge in [0.25, 0.3) is 5.91 Å². The lowest BCUT2D eigenvalue weighted by atomic mass is 9.89. The van der Waals surface area contributed by atoms with Crippen molar-refractivity contribution in [3.8, 4) is 5.75 Å². The third kappa shape index (κ3) is 3.51. The Morgan fingerprint density at radius 3 is 2.63 bits per heavy atom. The van der Waals surface area contributed by atoms with Crippen LogP contribution < -0.4 is 10.1 Å². The smallest absolute Gasteiger partial charge is 0.258 e. The van der Waals surface area contributed by atoms with Gasteiger partial charge >= 0.3 is 0 Å². The zero-order valence-corrected chi connectivity index (χ0v) is 16.4. The summed E-state index contributed by atoms with van der Waals surface area (Å²) >= 11 is 6.14. The fourth-order valence-electron chi connectivity index (χ4n) is 4.20. The number of ether oxygens (including phenoxy) is 1. The summed E-state index contributed by atoms with van der Waals surface area (Å²) in [5.41, 5.74) is 0.989. The molecule has 2 aromatic carbocycles. The Kier molecular flexibility index (Phi) is 5.94. The lowest BCUT2D eigenvalue weighted by molar-refractivity contribution is 0.0709. The van der Waals surface area contributed by atoms with E-state index in [1.807, 2.05) is 24.3 Å². The average Bonchev–Trinajstić information content (AvgIpc) is 3.22. The molecule has 0 bridgehead atoms. The molecule has 0 radical (unpaired) electrons. The first kappa shape index (κ1) is 19.9. The topological polar surface area (TPSA) is 41.6 Å². The molecule has 2 aliphatic rings. The van der Waals surface area contributed by atoms with Crippen LogP contribution in [0, 0.1) is 17.7 Å². The minimum absolute atomic E-state index is 0. The van der Waals surface area contributed by atoms with Gasteiger partial charge in [-0.3, -0.25) is 4.79 Å². The van der Waals surface area contributed by atoms with E-state index in [-0.39, 0.29) is 34.9 Å². The molecule has 7 heteroatoms. The molecule has 0 saturated carbocycles. The molecule has 0 unspecified atom stereocenters. The van der Waals surface area contributed by atoms with E-state index in [1.54, 1.807) is 18.1 Å². The van der Waals surface area contributed by atoms with E-state index in [9.17, 15) is 9.18 Å². The minimum atomic E-state index is -0.578. The molecule has 4 rings (SSSR count). The average molecular weight is 411 g/mol. The van der Waals surface area contributed by atoms with Crippen molar-refractivity contribution in [3.05, 3.63) is 64.4 Å². The molecule has 1 N–H and O–H groups in total. The number of rotatable bonds is 3. The number of benzene rings is 2. The Labute approximate surface area is 169 Å².